The highest BCUT2D eigenvalue weighted by molar-refractivity contribution is 9.12. The third kappa shape index (κ3) is 4.22. The fourth-order valence-corrected chi connectivity index (χ4v) is 2.48. The number of carbonyl (C=O) groups is 1. The lowest BCUT2D eigenvalue weighted by Gasteiger charge is -2.21. The van der Waals surface area contributed by atoms with Gasteiger partial charge in [-0.2, -0.15) is 0 Å². The highest BCUT2D eigenvalue weighted by Crippen LogP contribution is 2.45. The number of benzene rings is 1. The Hall–Kier alpha value is -0.120. The van der Waals surface area contributed by atoms with Gasteiger partial charge in [0.2, 0.25) is 5.91 Å². The van der Waals surface area contributed by atoms with Crippen LogP contribution in [0.2, 0.25) is 0 Å². The van der Waals surface area contributed by atoms with E-state index in [1.807, 2.05) is 0 Å². The molecule has 0 fully saturated rings. The first kappa shape index (κ1) is 15.9. The first-order valence-electron chi connectivity index (χ1n) is 4.88. The quantitative estimate of drug-likeness (QED) is 0.578. The molecule has 1 aromatic rings. The molecular weight excluding hydrogens is 390 g/mol. The van der Waals surface area contributed by atoms with Gasteiger partial charge in [0.1, 0.15) is 15.7 Å². The molecule has 1 aromatic carbocycles. The van der Waals surface area contributed by atoms with Gasteiger partial charge in [0.25, 0.3) is 0 Å². The Kier molecular flexibility index (Phi) is 5.63. The van der Waals surface area contributed by atoms with Crippen molar-refractivity contribution in [1.29, 1.82) is 0 Å². The zero-order valence-electron chi connectivity index (χ0n) is 9.43. The van der Waals surface area contributed by atoms with Crippen LogP contribution >= 0.6 is 42.7 Å². The molecule has 0 saturated heterocycles. The minimum absolute atomic E-state index is 0.0522. The monoisotopic (exact) mass is 401 g/mol. The van der Waals surface area contributed by atoms with Crippen LogP contribution in [0, 0.1) is 6.92 Å². The fraction of sp³-hybridized carbons (Fsp3) is 0.300. The van der Waals surface area contributed by atoms with E-state index >= 15 is 0 Å². The van der Waals surface area contributed by atoms with Gasteiger partial charge < -0.3 is 19.0 Å². The van der Waals surface area contributed by atoms with Crippen LogP contribution in [0.4, 0.5) is 5.69 Å². The van der Waals surface area contributed by atoms with Crippen LogP contribution in [0.25, 0.3) is 0 Å². The van der Waals surface area contributed by atoms with Gasteiger partial charge in [-0.15, -0.1) is 0 Å². The Morgan fingerprint density at radius 1 is 1.44 bits per heavy atom. The minimum atomic E-state index is -3.73. The molecule has 1 amide bonds. The van der Waals surface area contributed by atoms with Gasteiger partial charge in [-0.25, -0.2) is 0 Å². The van der Waals surface area contributed by atoms with E-state index in [9.17, 15) is 4.79 Å². The average Bonchev–Trinajstić information content (AvgIpc) is 2.26. The number of rotatable bonds is 4. The van der Waals surface area contributed by atoms with Crippen molar-refractivity contribution < 1.29 is 18.5 Å². The predicted molar refractivity (Wildman–Crippen MR) is 80.1 cm³/mol. The normalized spacial score (nSPS) is 14.1. The Morgan fingerprint density at radius 3 is 2.50 bits per heavy atom. The molecule has 5 nitrogen and oxygen atoms in total. The third-order valence-corrected chi connectivity index (χ3v) is 5.46. The molecular formula is C10H13Br2NO4S. The van der Waals surface area contributed by atoms with E-state index in [4.69, 9.17) is 13.7 Å². The number of alkyl halides is 2. The molecule has 0 spiro atoms. The fourth-order valence-electron chi connectivity index (χ4n) is 1.33. The van der Waals surface area contributed by atoms with Gasteiger partial charge in [0.05, 0.1) is 4.90 Å². The van der Waals surface area contributed by atoms with Crippen LogP contribution in [-0.4, -0.2) is 29.7 Å². The summed E-state index contributed by atoms with van der Waals surface area (Å²) >= 11 is 6.37. The third-order valence-electron chi connectivity index (χ3n) is 2.16. The van der Waals surface area contributed by atoms with Crippen molar-refractivity contribution in [2.24, 2.45) is 0 Å². The summed E-state index contributed by atoms with van der Waals surface area (Å²) in [6.45, 7) is 1.62. The zero-order chi connectivity index (χ0) is 13.9. The van der Waals surface area contributed by atoms with Crippen LogP contribution in [-0.2, 0) is 4.79 Å². The molecule has 0 heterocycles. The van der Waals surface area contributed by atoms with Crippen molar-refractivity contribution >= 4 is 54.3 Å². The maximum atomic E-state index is 11.6. The average molecular weight is 403 g/mol. The molecule has 0 saturated carbocycles. The van der Waals surface area contributed by atoms with E-state index in [0.29, 0.717) is 16.6 Å². The number of nitrogens with one attached hydrogen (secondary N) is 1. The van der Waals surface area contributed by atoms with Crippen LogP contribution in [0.3, 0.4) is 0 Å². The number of hydrogen-bond acceptors (Lipinski definition) is 4. The standard InChI is InChI=1S/C10H13Br2NO4S/c1-6-4-7(13-10(14)8(12)5-11)2-3-9(6)18(15,16)17/h2-4,8,15-17H,5H2,1H3,(H,13,14). The number of carbonyl (C=O) groups excluding carboxylic acids is 1. The van der Waals surface area contributed by atoms with Crippen molar-refractivity contribution in [3.05, 3.63) is 23.8 Å². The Morgan fingerprint density at radius 2 is 2.06 bits per heavy atom. The van der Waals surface area contributed by atoms with Crippen molar-refractivity contribution in [3.63, 3.8) is 0 Å². The predicted octanol–water partition coefficient (Wildman–Crippen LogP) is 3.67. The maximum Gasteiger partial charge on any atom is 0.239 e. The van der Waals surface area contributed by atoms with Crippen molar-refractivity contribution in [3.8, 4) is 0 Å². The lowest BCUT2D eigenvalue weighted by molar-refractivity contribution is -0.115. The van der Waals surface area contributed by atoms with E-state index in [-0.39, 0.29) is 15.6 Å². The number of hydrogen-bond donors (Lipinski definition) is 4. The van der Waals surface area contributed by atoms with Gasteiger partial charge >= 0.3 is 0 Å². The van der Waals surface area contributed by atoms with Gasteiger partial charge in [0, 0.05) is 11.0 Å². The van der Waals surface area contributed by atoms with E-state index < -0.39 is 10.9 Å². The molecule has 102 valence electrons. The second-order valence-electron chi connectivity index (χ2n) is 3.61. The van der Waals surface area contributed by atoms with Crippen LogP contribution in [0.5, 0.6) is 0 Å². The summed E-state index contributed by atoms with van der Waals surface area (Å²) in [4.78, 5) is 11.3. The zero-order valence-corrected chi connectivity index (χ0v) is 13.4. The molecule has 1 unspecified atom stereocenters. The first-order chi connectivity index (χ1) is 8.25. The molecule has 18 heavy (non-hydrogen) atoms. The summed E-state index contributed by atoms with van der Waals surface area (Å²) in [5.74, 6) is -0.213. The van der Waals surface area contributed by atoms with Crippen LogP contribution < -0.4 is 5.32 Å². The highest BCUT2D eigenvalue weighted by atomic mass is 79.9. The largest absolute Gasteiger partial charge is 0.325 e. The van der Waals surface area contributed by atoms with E-state index in [0.717, 1.165) is 0 Å². The van der Waals surface area contributed by atoms with Crippen molar-refractivity contribution in [2.75, 3.05) is 10.6 Å². The summed E-state index contributed by atoms with van der Waals surface area (Å²) in [6, 6.07) is 4.43. The van der Waals surface area contributed by atoms with Crippen LogP contribution in [0.15, 0.2) is 23.1 Å². The molecule has 0 bridgehead atoms. The van der Waals surface area contributed by atoms with Gasteiger partial charge in [-0.05, 0) is 30.7 Å². The molecule has 0 aromatic heterocycles. The lowest BCUT2D eigenvalue weighted by atomic mass is 10.2. The second-order valence-corrected chi connectivity index (χ2v) is 6.84. The molecule has 0 aliphatic rings. The van der Waals surface area contributed by atoms with Gasteiger partial charge in [-0.3, -0.25) is 4.79 Å². The molecule has 0 aliphatic heterocycles. The molecule has 8 heteroatoms. The molecule has 0 aliphatic carbocycles. The van der Waals surface area contributed by atoms with Crippen molar-refractivity contribution in [2.45, 2.75) is 16.6 Å². The molecule has 1 atom stereocenters. The number of aryl methyl sites for hydroxylation is 1. The summed E-state index contributed by atoms with van der Waals surface area (Å²) in [5.41, 5.74) is 1.01. The Labute approximate surface area is 123 Å². The first-order valence-corrected chi connectivity index (χ1v) is 8.42. The summed E-state index contributed by atoms with van der Waals surface area (Å²) in [5, 5.41) is 3.14. The highest BCUT2D eigenvalue weighted by Gasteiger charge is 2.19. The van der Waals surface area contributed by atoms with E-state index in [1.54, 1.807) is 13.0 Å². The summed E-state index contributed by atoms with van der Waals surface area (Å²) in [6.07, 6.45) is 0. The summed E-state index contributed by atoms with van der Waals surface area (Å²) in [7, 11) is -3.73. The lowest BCUT2D eigenvalue weighted by Crippen LogP contribution is -2.23. The SMILES string of the molecule is Cc1cc(NC(=O)C(Br)CBr)ccc1S(O)(O)O. The van der Waals surface area contributed by atoms with Gasteiger partial charge in [-0.1, -0.05) is 31.9 Å². The number of halogens is 2. The van der Waals surface area contributed by atoms with Gasteiger partial charge in [0.15, 0.2) is 0 Å². The topological polar surface area (TPSA) is 89.8 Å². The maximum absolute atomic E-state index is 11.6. The molecule has 4 N–H and O–H groups in total. The van der Waals surface area contributed by atoms with Crippen LogP contribution in [0.1, 0.15) is 5.56 Å². The number of anilines is 1. The minimum Gasteiger partial charge on any atom is -0.325 e. The molecule has 1 rings (SSSR count). The molecule has 0 radical (unpaired) electrons. The van der Waals surface area contributed by atoms with E-state index in [2.05, 4.69) is 37.2 Å². The Balaban J connectivity index is 2.89. The second kappa shape index (κ2) is 6.36. The van der Waals surface area contributed by atoms with Crippen molar-refractivity contribution in [1.82, 2.24) is 0 Å². The number of amides is 1. The Bertz CT molecular complexity index is 450. The van der Waals surface area contributed by atoms with E-state index in [1.165, 1.54) is 12.1 Å². The summed E-state index contributed by atoms with van der Waals surface area (Å²) < 4.78 is 27.5. The smallest absolute Gasteiger partial charge is 0.239 e.